The first kappa shape index (κ1) is 14.0. The number of carboxylic acid groups (broad SMARTS) is 1. The van der Waals surface area contributed by atoms with Crippen LogP contribution in [-0.4, -0.2) is 16.8 Å². The molecule has 0 amide bonds. The quantitative estimate of drug-likeness (QED) is 0.813. The van der Waals surface area contributed by atoms with Gasteiger partial charge in [0.05, 0.1) is 0 Å². The Balaban J connectivity index is 2.23. The molecule has 1 N–H and O–H groups in total. The van der Waals surface area contributed by atoms with Crippen LogP contribution in [0.4, 0.5) is 0 Å². The molecular weight excluding hydrogens is 280 g/mol. The Morgan fingerprint density at radius 3 is 2.84 bits per heavy atom. The van der Waals surface area contributed by atoms with Gasteiger partial charge in [-0.25, -0.2) is 4.79 Å². The highest BCUT2D eigenvalue weighted by Gasteiger charge is 2.16. The number of rotatable bonds is 6. The lowest BCUT2D eigenvalue weighted by Crippen LogP contribution is -2.04. The van der Waals surface area contributed by atoms with E-state index >= 15 is 0 Å². The lowest BCUT2D eigenvalue weighted by molar-refractivity contribution is 0.0687. The Morgan fingerprint density at radius 2 is 2.21 bits per heavy atom. The molecule has 1 aromatic carbocycles. The smallest absolute Gasteiger partial charge is 0.340 e. The summed E-state index contributed by atoms with van der Waals surface area (Å²) >= 11 is 3.10. The molecular formula is C14H14O3S2. The first-order chi connectivity index (χ1) is 9.22. The van der Waals surface area contributed by atoms with Gasteiger partial charge in [-0.3, -0.25) is 0 Å². The van der Waals surface area contributed by atoms with Crippen molar-refractivity contribution in [2.24, 2.45) is 0 Å². The van der Waals surface area contributed by atoms with E-state index in [1.807, 2.05) is 36.6 Å². The average molecular weight is 294 g/mol. The van der Waals surface area contributed by atoms with E-state index in [0.717, 1.165) is 15.5 Å². The van der Waals surface area contributed by atoms with Crippen molar-refractivity contribution in [1.29, 1.82) is 0 Å². The van der Waals surface area contributed by atoms with Gasteiger partial charge in [-0.05, 0) is 29.3 Å². The summed E-state index contributed by atoms with van der Waals surface area (Å²) in [7, 11) is 0. The minimum atomic E-state index is -0.947. The molecule has 3 nitrogen and oxygen atoms in total. The van der Waals surface area contributed by atoms with Crippen LogP contribution in [-0.2, 0) is 6.61 Å². The molecule has 0 saturated heterocycles. The highest BCUT2D eigenvalue weighted by atomic mass is 32.2. The summed E-state index contributed by atoms with van der Waals surface area (Å²) in [4.78, 5) is 13.2. The Hall–Kier alpha value is -1.46. The van der Waals surface area contributed by atoms with Gasteiger partial charge in [-0.2, -0.15) is 0 Å². The maximum absolute atomic E-state index is 11.4. The van der Waals surface area contributed by atoms with Gasteiger partial charge in [0.1, 0.15) is 17.9 Å². The minimum absolute atomic E-state index is 0.255. The van der Waals surface area contributed by atoms with Crippen molar-refractivity contribution in [2.75, 3.05) is 5.75 Å². The number of benzene rings is 1. The Kier molecular flexibility index (Phi) is 4.87. The van der Waals surface area contributed by atoms with Crippen molar-refractivity contribution < 1.29 is 14.6 Å². The highest BCUT2D eigenvalue weighted by Crippen LogP contribution is 2.30. The molecule has 2 aromatic rings. The molecule has 100 valence electrons. The van der Waals surface area contributed by atoms with Crippen molar-refractivity contribution in [3.63, 3.8) is 0 Å². The molecule has 2 rings (SSSR count). The van der Waals surface area contributed by atoms with Gasteiger partial charge in [-0.15, -0.1) is 23.1 Å². The lowest BCUT2D eigenvalue weighted by Gasteiger charge is -2.11. The zero-order valence-corrected chi connectivity index (χ0v) is 12.1. The maximum Gasteiger partial charge on any atom is 0.340 e. The third-order valence-electron chi connectivity index (χ3n) is 2.45. The zero-order chi connectivity index (χ0) is 13.7. The van der Waals surface area contributed by atoms with Crippen LogP contribution in [0.25, 0.3) is 0 Å². The second kappa shape index (κ2) is 6.63. The number of carbonyl (C=O) groups is 1. The number of hydrogen-bond donors (Lipinski definition) is 1. The van der Waals surface area contributed by atoms with Crippen molar-refractivity contribution in [3.05, 3.63) is 46.2 Å². The maximum atomic E-state index is 11.4. The molecule has 0 aliphatic heterocycles. The Morgan fingerprint density at radius 1 is 1.37 bits per heavy atom. The fourth-order valence-corrected chi connectivity index (χ4v) is 3.10. The zero-order valence-electron chi connectivity index (χ0n) is 10.5. The number of thiophene rings is 1. The van der Waals surface area contributed by atoms with E-state index < -0.39 is 5.97 Å². The van der Waals surface area contributed by atoms with Crippen molar-refractivity contribution in [2.45, 2.75) is 18.4 Å². The van der Waals surface area contributed by atoms with Crippen LogP contribution < -0.4 is 4.74 Å². The molecule has 0 aliphatic rings. The SMILES string of the molecule is CCSc1cccc(OCc2cccs2)c1C(=O)O. The summed E-state index contributed by atoms with van der Waals surface area (Å²) in [5.41, 5.74) is 0.255. The Bertz CT molecular complexity index is 550. The predicted molar refractivity (Wildman–Crippen MR) is 78.5 cm³/mol. The topological polar surface area (TPSA) is 46.5 Å². The van der Waals surface area contributed by atoms with Crippen LogP contribution in [0.15, 0.2) is 40.6 Å². The summed E-state index contributed by atoms with van der Waals surface area (Å²) in [5.74, 6) is 0.311. The van der Waals surface area contributed by atoms with Crippen LogP contribution in [0, 0.1) is 0 Å². The summed E-state index contributed by atoms with van der Waals surface area (Å²) in [5, 5.41) is 11.3. The largest absolute Gasteiger partial charge is 0.487 e. The molecule has 0 saturated carbocycles. The van der Waals surface area contributed by atoms with Gasteiger partial charge in [0.2, 0.25) is 0 Å². The molecule has 0 radical (unpaired) electrons. The minimum Gasteiger partial charge on any atom is -0.487 e. The second-order valence-corrected chi connectivity index (χ2v) is 6.07. The van der Waals surface area contributed by atoms with Crippen LogP contribution in [0.3, 0.4) is 0 Å². The van der Waals surface area contributed by atoms with E-state index in [2.05, 4.69) is 0 Å². The average Bonchev–Trinajstić information content (AvgIpc) is 2.89. The molecule has 0 unspecified atom stereocenters. The summed E-state index contributed by atoms with van der Waals surface area (Å²) < 4.78 is 5.65. The monoisotopic (exact) mass is 294 g/mol. The molecule has 5 heteroatoms. The van der Waals surface area contributed by atoms with Crippen LogP contribution in [0.2, 0.25) is 0 Å². The molecule has 19 heavy (non-hydrogen) atoms. The van der Waals surface area contributed by atoms with Crippen LogP contribution >= 0.6 is 23.1 Å². The fraction of sp³-hybridized carbons (Fsp3) is 0.214. The van der Waals surface area contributed by atoms with E-state index in [-0.39, 0.29) is 5.56 Å². The van der Waals surface area contributed by atoms with Crippen LogP contribution in [0.1, 0.15) is 22.2 Å². The van der Waals surface area contributed by atoms with Gasteiger partial charge in [0.25, 0.3) is 0 Å². The predicted octanol–water partition coefficient (Wildman–Crippen LogP) is 4.14. The molecule has 0 atom stereocenters. The molecule has 0 spiro atoms. The van der Waals surface area contributed by atoms with Gasteiger partial charge in [0.15, 0.2) is 0 Å². The molecule has 0 bridgehead atoms. The fourth-order valence-electron chi connectivity index (χ4n) is 1.66. The third kappa shape index (κ3) is 3.52. The van der Waals surface area contributed by atoms with E-state index in [1.165, 1.54) is 11.8 Å². The van der Waals surface area contributed by atoms with Crippen molar-refractivity contribution in [1.82, 2.24) is 0 Å². The molecule has 0 aliphatic carbocycles. The Labute approximate surface area is 120 Å². The van der Waals surface area contributed by atoms with E-state index in [4.69, 9.17) is 4.74 Å². The number of hydrogen-bond acceptors (Lipinski definition) is 4. The first-order valence-corrected chi connectivity index (χ1v) is 7.73. The van der Waals surface area contributed by atoms with Gasteiger partial charge < -0.3 is 9.84 Å². The third-order valence-corrected chi connectivity index (χ3v) is 4.24. The highest BCUT2D eigenvalue weighted by molar-refractivity contribution is 7.99. The van der Waals surface area contributed by atoms with E-state index in [0.29, 0.717) is 12.4 Å². The van der Waals surface area contributed by atoms with Gasteiger partial charge >= 0.3 is 5.97 Å². The van der Waals surface area contributed by atoms with E-state index in [9.17, 15) is 9.90 Å². The molecule has 0 fully saturated rings. The van der Waals surface area contributed by atoms with Gasteiger partial charge in [0, 0.05) is 9.77 Å². The molecule has 1 heterocycles. The lowest BCUT2D eigenvalue weighted by atomic mass is 10.2. The van der Waals surface area contributed by atoms with Gasteiger partial charge in [-0.1, -0.05) is 19.1 Å². The summed E-state index contributed by atoms with van der Waals surface area (Å²) in [6.07, 6.45) is 0. The number of thioether (sulfide) groups is 1. The standard InChI is InChI=1S/C14H14O3S2/c1-2-18-12-7-3-6-11(13(12)14(15)16)17-9-10-5-4-8-19-10/h3-8H,2,9H2,1H3,(H,15,16). The first-order valence-electron chi connectivity index (χ1n) is 5.86. The second-order valence-electron chi connectivity index (χ2n) is 3.74. The number of ether oxygens (including phenoxy) is 1. The number of aromatic carboxylic acids is 1. The normalized spacial score (nSPS) is 10.4. The molecule has 1 aromatic heterocycles. The summed E-state index contributed by atoms with van der Waals surface area (Å²) in [6.45, 7) is 2.40. The van der Waals surface area contributed by atoms with Crippen LogP contribution in [0.5, 0.6) is 5.75 Å². The van der Waals surface area contributed by atoms with Crippen molar-refractivity contribution in [3.8, 4) is 5.75 Å². The number of carboxylic acids is 1. The summed E-state index contributed by atoms with van der Waals surface area (Å²) in [6, 6.07) is 9.27. The van der Waals surface area contributed by atoms with Crippen molar-refractivity contribution >= 4 is 29.1 Å². The van der Waals surface area contributed by atoms with E-state index in [1.54, 1.807) is 17.4 Å².